The molecule has 47 heavy (non-hydrogen) atoms. The predicted octanol–water partition coefficient (Wildman–Crippen LogP) is 12.6. The minimum atomic E-state index is -2.00. The number of hydrogen-bond acceptors (Lipinski definition) is 0. The zero-order valence-corrected chi connectivity index (χ0v) is 28.3. The van der Waals surface area contributed by atoms with Gasteiger partial charge >= 0.3 is 0 Å². The van der Waals surface area contributed by atoms with Gasteiger partial charge < -0.3 is 0 Å². The number of allylic oxidation sites excluding steroid dienone is 2. The molecule has 4 aliphatic rings. The van der Waals surface area contributed by atoms with E-state index in [4.69, 9.17) is 0 Å². The summed E-state index contributed by atoms with van der Waals surface area (Å²) < 4.78 is 0. The van der Waals surface area contributed by atoms with Gasteiger partial charge in [0.2, 0.25) is 0 Å². The topological polar surface area (TPSA) is 0 Å². The van der Waals surface area contributed by atoms with E-state index in [1.54, 1.807) is 22.3 Å². The first-order chi connectivity index (χ1) is 23.1. The first kappa shape index (κ1) is 27.6. The van der Waals surface area contributed by atoms with Gasteiger partial charge in [-0.05, 0) is 104 Å². The molecule has 0 saturated heterocycles. The van der Waals surface area contributed by atoms with E-state index >= 15 is 0 Å². The van der Waals surface area contributed by atoms with Crippen LogP contribution in [0.15, 0.2) is 132 Å². The highest BCUT2D eigenvalue weighted by atomic mass is 28.3. The minimum absolute atomic E-state index is 0.541. The number of hydrogen-bond donors (Lipinski definition) is 0. The fraction of sp³-hybridized carbons (Fsp3) is 0.217. The van der Waals surface area contributed by atoms with E-state index in [0.717, 1.165) is 11.8 Å². The van der Waals surface area contributed by atoms with Crippen LogP contribution in [0, 0.1) is 11.8 Å². The van der Waals surface area contributed by atoms with Crippen LogP contribution in [0.1, 0.15) is 59.0 Å². The Balaban J connectivity index is 1.14. The molecular weight excluding hydrogens is 581 g/mol. The highest BCUT2D eigenvalue weighted by Gasteiger charge is 2.53. The summed E-state index contributed by atoms with van der Waals surface area (Å²) in [6.07, 6.45) is 10.7. The van der Waals surface area contributed by atoms with Crippen LogP contribution in [-0.2, 0) is 0 Å². The van der Waals surface area contributed by atoms with Gasteiger partial charge in [0.1, 0.15) is 0 Å². The number of rotatable bonds is 6. The lowest BCUT2D eigenvalue weighted by atomic mass is 9.93. The molecule has 0 bridgehead atoms. The summed E-state index contributed by atoms with van der Waals surface area (Å²) in [5.74, 6) is 1.49. The van der Waals surface area contributed by atoms with Gasteiger partial charge in [0.05, 0.1) is 8.07 Å². The summed E-state index contributed by atoms with van der Waals surface area (Å²) in [4.78, 5) is 0. The van der Waals surface area contributed by atoms with Crippen LogP contribution in [0.3, 0.4) is 0 Å². The molecule has 6 aromatic rings. The molecule has 228 valence electrons. The van der Waals surface area contributed by atoms with Crippen molar-refractivity contribution in [2.24, 2.45) is 11.8 Å². The predicted molar refractivity (Wildman–Crippen MR) is 203 cm³/mol. The molecule has 2 unspecified atom stereocenters. The summed E-state index contributed by atoms with van der Waals surface area (Å²) in [7, 11) is -2.00. The Labute approximate surface area is 279 Å². The quantitative estimate of drug-likeness (QED) is 0.163. The van der Waals surface area contributed by atoms with Crippen molar-refractivity contribution < 1.29 is 0 Å². The molecule has 1 heteroatoms. The molecule has 2 atom stereocenters. The summed E-state index contributed by atoms with van der Waals surface area (Å²) in [6, 6.07) is 46.0. The van der Waals surface area contributed by atoms with Crippen LogP contribution in [0.25, 0.3) is 56.0 Å². The second-order valence-corrected chi connectivity index (χ2v) is 20.0. The highest BCUT2D eigenvalue weighted by Crippen LogP contribution is 2.61. The van der Waals surface area contributed by atoms with E-state index in [1.807, 2.05) is 0 Å². The zero-order chi connectivity index (χ0) is 31.3. The van der Waals surface area contributed by atoms with E-state index < -0.39 is 8.07 Å². The molecule has 0 N–H and O–H groups in total. The first-order valence-electron chi connectivity index (χ1n) is 17.7. The summed E-state index contributed by atoms with van der Waals surface area (Å²) in [6.45, 7) is 5.49. The molecule has 4 aliphatic carbocycles. The maximum absolute atomic E-state index is 2.74. The first-order valence-corrected chi connectivity index (χ1v) is 20.9. The van der Waals surface area contributed by atoms with Gasteiger partial charge in [-0.15, -0.1) is 0 Å². The van der Waals surface area contributed by atoms with Crippen LogP contribution in [-0.4, -0.2) is 8.07 Å². The van der Waals surface area contributed by atoms with Crippen LogP contribution in [0.4, 0.5) is 0 Å². The van der Waals surface area contributed by atoms with Crippen molar-refractivity contribution in [2.75, 3.05) is 0 Å². The molecule has 0 amide bonds. The lowest BCUT2D eigenvalue weighted by molar-refractivity contribution is 0.851. The summed E-state index contributed by atoms with van der Waals surface area (Å²) >= 11 is 0. The van der Waals surface area contributed by atoms with Crippen molar-refractivity contribution >= 4 is 41.8 Å². The molecule has 0 aromatic heterocycles. The van der Waals surface area contributed by atoms with Gasteiger partial charge in [-0.3, -0.25) is 0 Å². The fourth-order valence-electron chi connectivity index (χ4n) is 9.61. The van der Waals surface area contributed by atoms with E-state index in [1.165, 1.54) is 80.6 Å². The van der Waals surface area contributed by atoms with Crippen molar-refractivity contribution in [3.05, 3.63) is 155 Å². The van der Waals surface area contributed by atoms with Crippen molar-refractivity contribution in [1.82, 2.24) is 0 Å². The second kappa shape index (κ2) is 10.3. The lowest BCUT2D eigenvalue weighted by Gasteiger charge is -2.40. The van der Waals surface area contributed by atoms with Crippen LogP contribution >= 0.6 is 0 Å². The SMILES string of the molecule is C[Si](C)(C1C(C2CC2)=Cc2c(-c3cccc4ccccc34)cccc21)C1C(C2CC2)=Cc2c(-c3cccc4ccccc34)cccc21. The number of fused-ring (bicyclic) bond motifs is 4. The maximum atomic E-state index is 2.74. The Morgan fingerprint density at radius 3 is 1.26 bits per heavy atom. The third kappa shape index (κ3) is 4.25. The van der Waals surface area contributed by atoms with Crippen molar-refractivity contribution in [2.45, 2.75) is 49.9 Å². The fourth-order valence-corrected chi connectivity index (χ4v) is 14.4. The molecule has 0 radical (unpaired) electrons. The van der Waals surface area contributed by atoms with Crippen molar-refractivity contribution in [3.63, 3.8) is 0 Å². The Hall–Kier alpha value is -4.46. The van der Waals surface area contributed by atoms with Gasteiger partial charge in [-0.25, -0.2) is 0 Å². The second-order valence-electron chi connectivity index (χ2n) is 15.2. The van der Waals surface area contributed by atoms with Crippen LogP contribution in [0.2, 0.25) is 13.1 Å². The van der Waals surface area contributed by atoms with Crippen molar-refractivity contribution in [1.29, 1.82) is 0 Å². The molecule has 0 nitrogen and oxygen atoms in total. The molecule has 0 spiro atoms. The van der Waals surface area contributed by atoms with E-state index in [2.05, 4.69) is 147 Å². The molecule has 6 aromatic carbocycles. The normalized spacial score (nSPS) is 20.3. The Kier molecular flexibility index (Phi) is 6.04. The smallest absolute Gasteiger partial charge is 0.0679 e. The zero-order valence-electron chi connectivity index (χ0n) is 27.3. The van der Waals surface area contributed by atoms with E-state index in [0.29, 0.717) is 11.1 Å². The van der Waals surface area contributed by atoms with E-state index in [-0.39, 0.29) is 0 Å². The number of benzene rings is 6. The van der Waals surface area contributed by atoms with Crippen molar-refractivity contribution in [3.8, 4) is 22.3 Å². The monoisotopic (exact) mass is 620 g/mol. The molecule has 10 rings (SSSR count). The largest absolute Gasteiger partial charge is 0.0722 e. The third-order valence-electron chi connectivity index (χ3n) is 11.9. The Morgan fingerprint density at radius 2 is 0.809 bits per heavy atom. The average Bonchev–Trinajstić information content (AvgIpc) is 4.05. The summed E-state index contributed by atoms with van der Waals surface area (Å²) in [5, 5.41) is 5.35. The van der Waals surface area contributed by atoms with E-state index in [9.17, 15) is 0 Å². The lowest BCUT2D eigenvalue weighted by Crippen LogP contribution is -2.43. The Bertz CT molecular complexity index is 2130. The maximum Gasteiger partial charge on any atom is 0.0722 e. The minimum Gasteiger partial charge on any atom is -0.0679 e. The Morgan fingerprint density at radius 1 is 0.426 bits per heavy atom. The average molecular weight is 621 g/mol. The molecular formula is C46H40Si. The van der Waals surface area contributed by atoms with Gasteiger partial charge in [0, 0.05) is 11.1 Å². The van der Waals surface area contributed by atoms with Crippen LogP contribution < -0.4 is 0 Å². The van der Waals surface area contributed by atoms with Gasteiger partial charge in [0.25, 0.3) is 0 Å². The highest BCUT2D eigenvalue weighted by molar-refractivity contribution is 6.82. The standard InChI is InChI=1S/C46H40Si/c1-47(2,45-39-21-9-19-37(43(39)27-41(45)31-23-24-31)35-17-7-13-29-11-3-5-15-33(29)35)46-40-22-10-20-38(44(40)28-42(46)32-25-26-32)36-18-8-14-30-12-4-6-16-34(30)36/h3-22,27-28,31-32,45-46H,23-26H2,1-2H3. The molecule has 2 saturated carbocycles. The summed E-state index contributed by atoms with van der Waals surface area (Å²) in [5.41, 5.74) is 16.3. The van der Waals surface area contributed by atoms with Gasteiger partial charge in [-0.1, -0.05) is 158 Å². The molecule has 0 aliphatic heterocycles. The van der Waals surface area contributed by atoms with Crippen LogP contribution in [0.5, 0.6) is 0 Å². The third-order valence-corrected chi connectivity index (χ3v) is 16.2. The molecule has 0 heterocycles. The van der Waals surface area contributed by atoms with Gasteiger partial charge in [-0.2, -0.15) is 0 Å². The molecule has 2 fully saturated rings. The van der Waals surface area contributed by atoms with Gasteiger partial charge in [0.15, 0.2) is 0 Å².